The third-order valence-corrected chi connectivity index (χ3v) is 4.57. The lowest BCUT2D eigenvalue weighted by Crippen LogP contribution is -2.22. The molecule has 2 aromatic carbocycles. The van der Waals surface area contributed by atoms with Gasteiger partial charge >= 0.3 is 5.97 Å². The van der Waals surface area contributed by atoms with Crippen molar-refractivity contribution in [3.63, 3.8) is 0 Å². The van der Waals surface area contributed by atoms with E-state index < -0.39 is 5.97 Å². The van der Waals surface area contributed by atoms with Gasteiger partial charge in [0.1, 0.15) is 0 Å². The van der Waals surface area contributed by atoms with Gasteiger partial charge < -0.3 is 10.1 Å². The SMILES string of the molecule is Cc1cc(Cl)ccc1NC(=O)COC(=O)Cc1ccc2c(c1)CCC2. The van der Waals surface area contributed by atoms with Crippen LogP contribution in [0.15, 0.2) is 36.4 Å². The molecule has 0 fully saturated rings. The zero-order chi connectivity index (χ0) is 17.8. The monoisotopic (exact) mass is 357 g/mol. The largest absolute Gasteiger partial charge is 0.455 e. The Kier molecular flexibility index (Phi) is 5.39. The fourth-order valence-corrected chi connectivity index (χ4v) is 3.28. The minimum atomic E-state index is -0.402. The summed E-state index contributed by atoms with van der Waals surface area (Å²) in [6.07, 6.45) is 3.54. The summed E-state index contributed by atoms with van der Waals surface area (Å²) in [5.74, 6) is -0.770. The van der Waals surface area contributed by atoms with Gasteiger partial charge in [0.05, 0.1) is 6.42 Å². The Balaban J connectivity index is 1.49. The van der Waals surface area contributed by atoms with Gasteiger partial charge in [0.25, 0.3) is 5.91 Å². The first-order valence-corrected chi connectivity index (χ1v) is 8.71. The number of anilines is 1. The maximum absolute atomic E-state index is 12.0. The number of halogens is 1. The molecule has 4 nitrogen and oxygen atoms in total. The summed E-state index contributed by atoms with van der Waals surface area (Å²) in [7, 11) is 0. The molecule has 2 aromatic rings. The molecule has 0 saturated heterocycles. The van der Waals surface area contributed by atoms with Crippen molar-refractivity contribution < 1.29 is 14.3 Å². The van der Waals surface area contributed by atoms with Crippen LogP contribution in [-0.4, -0.2) is 18.5 Å². The number of benzene rings is 2. The number of ether oxygens (including phenoxy) is 1. The fraction of sp³-hybridized carbons (Fsp3) is 0.300. The molecule has 0 aromatic heterocycles. The van der Waals surface area contributed by atoms with Gasteiger partial charge in [-0.3, -0.25) is 9.59 Å². The van der Waals surface area contributed by atoms with E-state index in [4.69, 9.17) is 16.3 Å². The van der Waals surface area contributed by atoms with Gasteiger partial charge in [-0.15, -0.1) is 0 Å². The van der Waals surface area contributed by atoms with Gasteiger partial charge in [0.15, 0.2) is 6.61 Å². The van der Waals surface area contributed by atoms with Crippen LogP contribution >= 0.6 is 11.6 Å². The van der Waals surface area contributed by atoms with E-state index in [0.29, 0.717) is 10.7 Å². The van der Waals surface area contributed by atoms with Crippen molar-refractivity contribution >= 4 is 29.2 Å². The van der Waals surface area contributed by atoms with Gasteiger partial charge in [-0.1, -0.05) is 29.8 Å². The van der Waals surface area contributed by atoms with Crippen LogP contribution in [0.5, 0.6) is 0 Å². The highest BCUT2D eigenvalue weighted by Gasteiger charge is 2.14. The van der Waals surface area contributed by atoms with E-state index in [1.807, 2.05) is 13.0 Å². The summed E-state index contributed by atoms with van der Waals surface area (Å²) >= 11 is 5.89. The van der Waals surface area contributed by atoms with E-state index >= 15 is 0 Å². The molecule has 0 bridgehead atoms. The van der Waals surface area contributed by atoms with E-state index in [0.717, 1.165) is 24.0 Å². The van der Waals surface area contributed by atoms with Crippen molar-refractivity contribution in [3.05, 3.63) is 63.7 Å². The first kappa shape index (κ1) is 17.5. The lowest BCUT2D eigenvalue weighted by molar-refractivity contribution is -0.146. The molecule has 1 aliphatic rings. The van der Waals surface area contributed by atoms with Crippen LogP contribution in [0, 0.1) is 6.92 Å². The summed E-state index contributed by atoms with van der Waals surface area (Å²) in [6, 6.07) is 11.3. The molecule has 0 atom stereocenters. The number of amides is 1. The molecule has 0 unspecified atom stereocenters. The summed E-state index contributed by atoms with van der Waals surface area (Å²) in [5, 5.41) is 3.32. The second kappa shape index (κ2) is 7.70. The molecule has 130 valence electrons. The number of hydrogen-bond donors (Lipinski definition) is 1. The van der Waals surface area contributed by atoms with Crippen LogP contribution in [0.1, 0.15) is 28.7 Å². The third-order valence-electron chi connectivity index (χ3n) is 4.34. The van der Waals surface area contributed by atoms with Crippen LogP contribution in [0.25, 0.3) is 0 Å². The molecule has 5 heteroatoms. The summed E-state index contributed by atoms with van der Waals surface area (Å²) < 4.78 is 5.09. The van der Waals surface area contributed by atoms with Crippen molar-refractivity contribution in [3.8, 4) is 0 Å². The molecule has 0 heterocycles. The van der Waals surface area contributed by atoms with E-state index in [9.17, 15) is 9.59 Å². The topological polar surface area (TPSA) is 55.4 Å². The molecule has 1 amide bonds. The number of esters is 1. The average Bonchev–Trinajstić information content (AvgIpc) is 3.03. The van der Waals surface area contributed by atoms with E-state index in [-0.39, 0.29) is 18.9 Å². The number of nitrogens with one attached hydrogen (secondary N) is 1. The lowest BCUT2D eigenvalue weighted by Gasteiger charge is -2.09. The Morgan fingerprint density at radius 3 is 2.72 bits per heavy atom. The molecule has 1 N–H and O–H groups in total. The third kappa shape index (κ3) is 4.60. The highest BCUT2D eigenvalue weighted by molar-refractivity contribution is 6.30. The van der Waals surface area contributed by atoms with Crippen molar-refractivity contribution in [2.24, 2.45) is 0 Å². The molecule has 3 rings (SSSR count). The Morgan fingerprint density at radius 1 is 1.12 bits per heavy atom. The van der Waals surface area contributed by atoms with E-state index in [1.54, 1.807) is 18.2 Å². The Hall–Kier alpha value is -2.33. The summed E-state index contributed by atoms with van der Waals surface area (Å²) in [4.78, 5) is 23.9. The Bertz CT molecular complexity index is 817. The minimum absolute atomic E-state index is 0.181. The second-order valence-electron chi connectivity index (χ2n) is 6.30. The minimum Gasteiger partial charge on any atom is -0.455 e. The number of aryl methyl sites for hydroxylation is 3. The number of hydrogen-bond acceptors (Lipinski definition) is 3. The summed E-state index contributed by atoms with van der Waals surface area (Å²) in [6.45, 7) is 1.55. The van der Waals surface area contributed by atoms with Crippen LogP contribution in [0.3, 0.4) is 0 Å². The second-order valence-corrected chi connectivity index (χ2v) is 6.74. The zero-order valence-electron chi connectivity index (χ0n) is 14.1. The van der Waals surface area contributed by atoms with Crippen molar-refractivity contribution in [1.29, 1.82) is 0 Å². The number of fused-ring (bicyclic) bond motifs is 1. The number of carbonyl (C=O) groups is 2. The van der Waals surface area contributed by atoms with Gasteiger partial charge in [0.2, 0.25) is 0 Å². The van der Waals surface area contributed by atoms with Gasteiger partial charge in [-0.05, 0) is 66.6 Å². The van der Waals surface area contributed by atoms with Gasteiger partial charge in [-0.2, -0.15) is 0 Å². The molecule has 0 aliphatic heterocycles. The standard InChI is InChI=1S/C20H20ClNO3/c1-13-9-17(21)7-8-18(13)22-19(23)12-25-20(24)11-14-5-6-15-3-2-4-16(15)10-14/h5-10H,2-4,11-12H2,1H3,(H,22,23). The van der Waals surface area contributed by atoms with Crippen LogP contribution in [0.4, 0.5) is 5.69 Å². The zero-order valence-corrected chi connectivity index (χ0v) is 14.9. The van der Waals surface area contributed by atoms with Crippen molar-refractivity contribution in [2.45, 2.75) is 32.6 Å². The molecule has 1 aliphatic carbocycles. The van der Waals surface area contributed by atoms with Crippen molar-refractivity contribution in [1.82, 2.24) is 0 Å². The van der Waals surface area contributed by atoms with Gasteiger partial charge in [0, 0.05) is 10.7 Å². The first-order valence-electron chi connectivity index (χ1n) is 8.33. The normalized spacial score (nSPS) is 12.6. The van der Waals surface area contributed by atoms with Crippen LogP contribution in [-0.2, 0) is 33.6 Å². The Morgan fingerprint density at radius 2 is 1.92 bits per heavy atom. The fourth-order valence-electron chi connectivity index (χ4n) is 3.05. The van der Waals surface area contributed by atoms with Crippen molar-refractivity contribution in [2.75, 3.05) is 11.9 Å². The predicted octanol–water partition coefficient (Wildman–Crippen LogP) is 3.86. The highest BCUT2D eigenvalue weighted by atomic mass is 35.5. The molecular weight excluding hydrogens is 338 g/mol. The maximum atomic E-state index is 12.0. The molecule has 0 saturated carbocycles. The molecule has 0 radical (unpaired) electrons. The number of carbonyl (C=O) groups excluding carboxylic acids is 2. The molecular formula is C20H20ClNO3. The summed E-state index contributed by atoms with van der Waals surface area (Å²) in [5.41, 5.74) is 5.13. The lowest BCUT2D eigenvalue weighted by atomic mass is 10.0. The van der Waals surface area contributed by atoms with Crippen LogP contribution < -0.4 is 5.32 Å². The highest BCUT2D eigenvalue weighted by Crippen LogP contribution is 2.23. The van der Waals surface area contributed by atoms with E-state index in [1.165, 1.54) is 17.5 Å². The number of rotatable bonds is 5. The van der Waals surface area contributed by atoms with Gasteiger partial charge in [-0.25, -0.2) is 0 Å². The Labute approximate surface area is 152 Å². The smallest absolute Gasteiger partial charge is 0.310 e. The molecule has 25 heavy (non-hydrogen) atoms. The van der Waals surface area contributed by atoms with E-state index in [2.05, 4.69) is 17.4 Å². The van der Waals surface area contributed by atoms with Crippen LogP contribution in [0.2, 0.25) is 5.02 Å². The first-order chi connectivity index (χ1) is 12.0. The maximum Gasteiger partial charge on any atom is 0.310 e. The predicted molar refractivity (Wildman–Crippen MR) is 97.9 cm³/mol. The molecule has 0 spiro atoms. The average molecular weight is 358 g/mol. The quantitative estimate of drug-likeness (QED) is 0.827.